The van der Waals surface area contributed by atoms with Crippen molar-refractivity contribution in [1.29, 1.82) is 0 Å². The number of hydrogen-bond donors (Lipinski definition) is 1. The molecular weight excluding hydrogens is 281 g/mol. The molecule has 1 aliphatic heterocycles. The molecule has 1 heterocycles. The van der Waals surface area contributed by atoms with Crippen LogP contribution in [0.3, 0.4) is 0 Å². The van der Waals surface area contributed by atoms with Crippen molar-refractivity contribution in [2.45, 2.75) is 51.7 Å². The molecule has 0 aromatic rings. The number of halogens is 3. The molecule has 0 amide bonds. The Morgan fingerprint density at radius 1 is 1.14 bits per heavy atom. The Labute approximate surface area is 126 Å². The van der Waals surface area contributed by atoms with E-state index in [1.54, 1.807) is 7.05 Å². The van der Waals surface area contributed by atoms with Gasteiger partial charge in [0.1, 0.15) is 0 Å². The summed E-state index contributed by atoms with van der Waals surface area (Å²) in [5, 5.41) is 3.51. The lowest BCUT2D eigenvalue weighted by molar-refractivity contribution is -0.138. The third-order valence-corrected chi connectivity index (χ3v) is 3.93. The number of alkyl halides is 3. The lowest BCUT2D eigenvalue weighted by Crippen LogP contribution is -2.50. The Morgan fingerprint density at radius 3 is 2.19 bits per heavy atom. The smallest absolute Gasteiger partial charge is 0.381 e. The molecule has 1 aliphatic rings. The molecule has 0 aromatic carbocycles. The summed E-state index contributed by atoms with van der Waals surface area (Å²) in [6.07, 6.45) is -3.04. The van der Waals surface area contributed by atoms with Crippen LogP contribution >= 0.6 is 0 Å². The van der Waals surface area contributed by atoms with Crippen molar-refractivity contribution in [2.24, 2.45) is 5.41 Å². The summed E-state index contributed by atoms with van der Waals surface area (Å²) in [7, 11) is 1.78. The third-order valence-electron chi connectivity index (χ3n) is 3.93. The van der Waals surface area contributed by atoms with E-state index in [9.17, 15) is 13.2 Å². The van der Waals surface area contributed by atoms with Gasteiger partial charge in [0.25, 0.3) is 0 Å². The molecule has 1 fully saturated rings. The van der Waals surface area contributed by atoms with Crippen molar-refractivity contribution in [1.82, 2.24) is 10.2 Å². The quantitative estimate of drug-likeness (QED) is 0.816. The van der Waals surface area contributed by atoms with E-state index in [0.717, 1.165) is 19.4 Å². The van der Waals surface area contributed by atoms with Gasteiger partial charge in [0.15, 0.2) is 0 Å². The van der Waals surface area contributed by atoms with Crippen molar-refractivity contribution in [3.63, 3.8) is 0 Å². The van der Waals surface area contributed by atoms with Crippen LogP contribution in [-0.2, 0) is 4.74 Å². The van der Waals surface area contributed by atoms with E-state index >= 15 is 0 Å². The van der Waals surface area contributed by atoms with Gasteiger partial charge in [0, 0.05) is 38.4 Å². The number of hydrogen-bond acceptors (Lipinski definition) is 3. The zero-order chi connectivity index (χ0) is 16.1. The Bertz CT molecular complexity index is 307. The summed E-state index contributed by atoms with van der Waals surface area (Å²) in [6, 6.07) is 0. The predicted octanol–water partition coefficient (Wildman–Crippen LogP) is 3.06. The van der Waals surface area contributed by atoms with Crippen molar-refractivity contribution in [3.8, 4) is 0 Å². The van der Waals surface area contributed by atoms with Gasteiger partial charge >= 0.3 is 6.18 Å². The third kappa shape index (κ3) is 8.02. The van der Waals surface area contributed by atoms with Crippen LogP contribution in [0.25, 0.3) is 0 Å². The van der Waals surface area contributed by atoms with Crippen LogP contribution in [-0.4, -0.2) is 56.5 Å². The van der Waals surface area contributed by atoms with E-state index < -0.39 is 12.6 Å². The highest BCUT2D eigenvalue weighted by Gasteiger charge is 2.35. The minimum atomic E-state index is -4.08. The van der Waals surface area contributed by atoms with E-state index in [-0.39, 0.29) is 17.5 Å². The second-order valence-corrected chi connectivity index (χ2v) is 7.32. The maximum atomic E-state index is 12.3. The van der Waals surface area contributed by atoms with Crippen LogP contribution in [0, 0.1) is 5.41 Å². The molecule has 0 spiro atoms. The summed E-state index contributed by atoms with van der Waals surface area (Å²) in [4.78, 5) is 1.81. The molecule has 0 radical (unpaired) electrons. The average molecular weight is 310 g/mol. The van der Waals surface area contributed by atoms with Gasteiger partial charge in [-0.2, -0.15) is 13.2 Å². The van der Waals surface area contributed by atoms with Crippen molar-refractivity contribution in [2.75, 3.05) is 39.9 Å². The molecule has 21 heavy (non-hydrogen) atoms. The summed E-state index contributed by atoms with van der Waals surface area (Å²) in [6.45, 7) is 9.25. The van der Waals surface area contributed by atoms with Gasteiger partial charge in [0.05, 0.1) is 6.42 Å². The average Bonchev–Trinajstić information content (AvgIpc) is 2.34. The molecule has 6 heteroatoms. The van der Waals surface area contributed by atoms with E-state index in [1.165, 1.54) is 0 Å². The van der Waals surface area contributed by atoms with Crippen molar-refractivity contribution < 1.29 is 17.9 Å². The van der Waals surface area contributed by atoms with Gasteiger partial charge in [0.2, 0.25) is 0 Å². The second kappa shape index (κ2) is 7.29. The van der Waals surface area contributed by atoms with E-state index in [0.29, 0.717) is 19.8 Å². The van der Waals surface area contributed by atoms with Crippen LogP contribution in [0.5, 0.6) is 0 Å². The van der Waals surface area contributed by atoms with Crippen LogP contribution in [0.2, 0.25) is 0 Å². The van der Waals surface area contributed by atoms with Crippen LogP contribution < -0.4 is 5.32 Å². The largest absolute Gasteiger partial charge is 0.390 e. The maximum absolute atomic E-state index is 12.3. The zero-order valence-electron chi connectivity index (χ0n) is 13.6. The van der Waals surface area contributed by atoms with Crippen LogP contribution in [0.1, 0.15) is 40.0 Å². The fourth-order valence-electron chi connectivity index (χ4n) is 2.62. The first-order chi connectivity index (χ1) is 9.52. The van der Waals surface area contributed by atoms with E-state index in [4.69, 9.17) is 4.74 Å². The van der Waals surface area contributed by atoms with Crippen molar-refractivity contribution in [3.05, 3.63) is 0 Å². The van der Waals surface area contributed by atoms with E-state index in [2.05, 4.69) is 26.1 Å². The molecule has 1 saturated heterocycles. The van der Waals surface area contributed by atoms with E-state index in [1.807, 2.05) is 4.90 Å². The van der Waals surface area contributed by atoms with Gasteiger partial charge in [-0.1, -0.05) is 0 Å². The topological polar surface area (TPSA) is 24.5 Å². The standard InChI is InChI=1S/C15H29F3N2O/c1-13(2,3)19-11-14(6-9-21-10-7-14)12-20(4)8-5-15(16,17)18/h19H,5-12H2,1-4H3. The SMILES string of the molecule is CN(CCC(F)(F)F)CC1(CNC(C)(C)C)CCOCC1. The van der Waals surface area contributed by atoms with Gasteiger partial charge in [-0.05, 0) is 46.1 Å². The summed E-state index contributed by atoms with van der Waals surface area (Å²) in [5.41, 5.74) is 0.0156. The monoisotopic (exact) mass is 310 g/mol. The fraction of sp³-hybridized carbons (Fsp3) is 1.00. The number of nitrogens with zero attached hydrogens (tertiary/aromatic N) is 1. The van der Waals surface area contributed by atoms with Crippen LogP contribution in [0.4, 0.5) is 13.2 Å². The van der Waals surface area contributed by atoms with Gasteiger partial charge < -0.3 is 15.0 Å². The Hall–Kier alpha value is -0.330. The normalized spacial score (nSPS) is 20.0. The fourth-order valence-corrected chi connectivity index (χ4v) is 2.62. The highest BCUT2D eigenvalue weighted by molar-refractivity contribution is 4.89. The Kier molecular flexibility index (Phi) is 6.50. The first-order valence-electron chi connectivity index (χ1n) is 7.60. The van der Waals surface area contributed by atoms with Gasteiger partial charge in [-0.3, -0.25) is 0 Å². The summed E-state index contributed by atoms with van der Waals surface area (Å²) >= 11 is 0. The molecule has 126 valence electrons. The molecule has 0 bridgehead atoms. The highest BCUT2D eigenvalue weighted by atomic mass is 19.4. The Balaban J connectivity index is 2.56. The molecule has 0 unspecified atom stereocenters. The first-order valence-corrected chi connectivity index (χ1v) is 7.60. The number of ether oxygens (including phenoxy) is 1. The number of nitrogens with one attached hydrogen (secondary N) is 1. The zero-order valence-corrected chi connectivity index (χ0v) is 13.6. The molecular formula is C15H29F3N2O. The number of rotatable bonds is 6. The molecule has 3 nitrogen and oxygen atoms in total. The molecule has 1 rings (SSSR count). The Morgan fingerprint density at radius 2 is 1.71 bits per heavy atom. The predicted molar refractivity (Wildman–Crippen MR) is 78.4 cm³/mol. The molecule has 1 N–H and O–H groups in total. The first kappa shape index (κ1) is 18.7. The second-order valence-electron chi connectivity index (χ2n) is 7.32. The minimum Gasteiger partial charge on any atom is -0.381 e. The molecule has 0 aromatic heterocycles. The van der Waals surface area contributed by atoms with Gasteiger partial charge in [-0.25, -0.2) is 0 Å². The molecule has 0 atom stereocenters. The summed E-state index contributed by atoms with van der Waals surface area (Å²) in [5.74, 6) is 0. The highest BCUT2D eigenvalue weighted by Crippen LogP contribution is 2.32. The summed E-state index contributed by atoms with van der Waals surface area (Å²) < 4.78 is 42.4. The molecule has 0 saturated carbocycles. The van der Waals surface area contributed by atoms with Gasteiger partial charge in [-0.15, -0.1) is 0 Å². The maximum Gasteiger partial charge on any atom is 0.390 e. The van der Waals surface area contributed by atoms with Crippen LogP contribution in [0.15, 0.2) is 0 Å². The lowest BCUT2D eigenvalue weighted by atomic mass is 9.79. The molecule has 0 aliphatic carbocycles. The minimum absolute atomic E-state index is 0.00583. The van der Waals surface area contributed by atoms with Crippen molar-refractivity contribution >= 4 is 0 Å². The lowest BCUT2D eigenvalue weighted by Gasteiger charge is -2.42.